The van der Waals surface area contributed by atoms with Crippen molar-refractivity contribution in [2.24, 2.45) is 0 Å². The molecule has 0 heterocycles. The lowest BCUT2D eigenvalue weighted by Crippen LogP contribution is -2.19. The molecule has 2 nitrogen and oxygen atoms in total. The van der Waals surface area contributed by atoms with E-state index in [9.17, 15) is 4.79 Å². The fourth-order valence-electron chi connectivity index (χ4n) is 0.677. The van der Waals surface area contributed by atoms with Gasteiger partial charge in [-0.1, -0.05) is 19.1 Å². The molecule has 0 aromatic rings. The molecule has 0 saturated carbocycles. The van der Waals surface area contributed by atoms with Crippen molar-refractivity contribution < 1.29 is 9.53 Å². The van der Waals surface area contributed by atoms with Crippen molar-refractivity contribution in [2.45, 2.75) is 33.3 Å². The van der Waals surface area contributed by atoms with Gasteiger partial charge in [0.05, 0.1) is 6.61 Å². The van der Waals surface area contributed by atoms with Gasteiger partial charge in [0.25, 0.3) is 0 Å². The molecule has 0 aliphatic rings. The third-order valence-corrected chi connectivity index (χ3v) is 1.48. The van der Waals surface area contributed by atoms with Gasteiger partial charge in [-0.3, -0.25) is 4.79 Å². The second kappa shape index (κ2) is 6.10. The van der Waals surface area contributed by atoms with Gasteiger partial charge in [0, 0.05) is 6.42 Å². The first-order valence-electron chi connectivity index (χ1n) is 3.97. The average Bonchev–Trinajstić information content (AvgIpc) is 2.03. The third-order valence-electron chi connectivity index (χ3n) is 1.48. The van der Waals surface area contributed by atoms with Crippen molar-refractivity contribution in [2.75, 3.05) is 6.61 Å². The largest absolute Gasteiger partial charge is 0.367 e. The van der Waals surface area contributed by atoms with E-state index in [1.807, 2.05) is 26.0 Å². The van der Waals surface area contributed by atoms with Gasteiger partial charge in [0.15, 0.2) is 5.78 Å². The minimum Gasteiger partial charge on any atom is -0.367 e. The fourth-order valence-corrected chi connectivity index (χ4v) is 0.677. The topological polar surface area (TPSA) is 26.3 Å². The van der Waals surface area contributed by atoms with Gasteiger partial charge >= 0.3 is 0 Å². The van der Waals surface area contributed by atoms with Crippen molar-refractivity contribution in [3.05, 3.63) is 12.2 Å². The van der Waals surface area contributed by atoms with E-state index in [0.29, 0.717) is 13.0 Å². The van der Waals surface area contributed by atoms with Crippen molar-refractivity contribution in [3.8, 4) is 0 Å². The summed E-state index contributed by atoms with van der Waals surface area (Å²) < 4.78 is 5.20. The zero-order valence-corrected chi connectivity index (χ0v) is 7.46. The van der Waals surface area contributed by atoms with E-state index in [1.165, 1.54) is 0 Å². The number of allylic oxidation sites excluding steroid dienone is 1. The van der Waals surface area contributed by atoms with Crippen LogP contribution < -0.4 is 0 Å². The molecule has 0 aliphatic carbocycles. The van der Waals surface area contributed by atoms with Crippen LogP contribution in [0.4, 0.5) is 0 Å². The number of ketones is 1. The van der Waals surface area contributed by atoms with Gasteiger partial charge in [0.1, 0.15) is 6.10 Å². The highest BCUT2D eigenvalue weighted by Gasteiger charge is 2.08. The summed E-state index contributed by atoms with van der Waals surface area (Å²) in [6.07, 6.45) is 4.09. The summed E-state index contributed by atoms with van der Waals surface area (Å²) in [6, 6.07) is 0. The zero-order valence-electron chi connectivity index (χ0n) is 7.46. The van der Waals surface area contributed by atoms with Crippen LogP contribution in [0, 0.1) is 0 Å². The molecule has 11 heavy (non-hydrogen) atoms. The van der Waals surface area contributed by atoms with Crippen LogP contribution >= 0.6 is 0 Å². The summed E-state index contributed by atoms with van der Waals surface area (Å²) in [4.78, 5) is 11.0. The van der Waals surface area contributed by atoms with Gasteiger partial charge in [0.2, 0.25) is 0 Å². The molecule has 0 bridgehead atoms. The smallest absolute Gasteiger partial charge is 0.161 e. The molecule has 0 amide bonds. The van der Waals surface area contributed by atoms with Crippen LogP contribution in [0.25, 0.3) is 0 Å². The van der Waals surface area contributed by atoms with Crippen molar-refractivity contribution in [1.82, 2.24) is 0 Å². The number of hydrogen-bond donors (Lipinski definition) is 0. The Morgan fingerprint density at radius 1 is 1.64 bits per heavy atom. The van der Waals surface area contributed by atoms with E-state index < -0.39 is 0 Å². The number of rotatable bonds is 5. The molecule has 0 rings (SSSR count). The lowest BCUT2D eigenvalue weighted by atomic mass is 10.2. The van der Waals surface area contributed by atoms with Gasteiger partial charge in [-0.05, 0) is 13.8 Å². The first kappa shape index (κ1) is 10.4. The number of Topliss-reactive ketones (excluding diaryl/α,β-unsaturated/α-hetero) is 1. The quantitative estimate of drug-likeness (QED) is 0.569. The van der Waals surface area contributed by atoms with Crippen LogP contribution in [0.5, 0.6) is 0 Å². The van der Waals surface area contributed by atoms with Crippen LogP contribution in [-0.4, -0.2) is 18.5 Å². The zero-order chi connectivity index (χ0) is 8.69. The number of carbonyl (C=O) groups excluding carboxylic acids is 1. The van der Waals surface area contributed by atoms with Crippen molar-refractivity contribution in [1.29, 1.82) is 0 Å². The summed E-state index contributed by atoms with van der Waals surface area (Å²) in [7, 11) is 0. The Balaban J connectivity index is 3.51. The summed E-state index contributed by atoms with van der Waals surface area (Å²) in [5.74, 6) is 0.162. The molecule has 0 aliphatic heterocycles. The highest BCUT2D eigenvalue weighted by atomic mass is 16.5. The Morgan fingerprint density at radius 2 is 2.27 bits per heavy atom. The maximum Gasteiger partial charge on any atom is 0.161 e. The first-order chi connectivity index (χ1) is 5.22. The second-order valence-electron chi connectivity index (χ2n) is 2.36. The van der Waals surface area contributed by atoms with Gasteiger partial charge in [-0.25, -0.2) is 0 Å². The number of hydrogen-bond acceptors (Lipinski definition) is 2. The van der Waals surface area contributed by atoms with E-state index in [0.717, 1.165) is 0 Å². The average molecular weight is 156 g/mol. The predicted molar refractivity (Wildman–Crippen MR) is 45.5 cm³/mol. The highest BCUT2D eigenvalue weighted by Crippen LogP contribution is 1.95. The molecule has 0 fully saturated rings. The molecule has 1 atom stereocenters. The molecule has 1 unspecified atom stereocenters. The third kappa shape index (κ3) is 4.73. The molecule has 2 heteroatoms. The summed E-state index contributed by atoms with van der Waals surface area (Å²) in [6.45, 7) is 6.09. The Hall–Kier alpha value is -0.630. The summed E-state index contributed by atoms with van der Waals surface area (Å²) in [5.41, 5.74) is 0. The summed E-state index contributed by atoms with van der Waals surface area (Å²) >= 11 is 0. The normalized spacial score (nSPS) is 13.7. The molecule has 0 saturated heterocycles. The maximum atomic E-state index is 11.0. The monoisotopic (exact) mass is 156 g/mol. The molecule has 0 N–H and O–H groups in total. The second-order valence-corrected chi connectivity index (χ2v) is 2.36. The lowest BCUT2D eigenvalue weighted by molar-refractivity contribution is -0.128. The van der Waals surface area contributed by atoms with Crippen LogP contribution in [-0.2, 0) is 9.53 Å². The van der Waals surface area contributed by atoms with Crippen LogP contribution in [0.15, 0.2) is 12.2 Å². The van der Waals surface area contributed by atoms with E-state index in [4.69, 9.17) is 4.74 Å². The molecule has 0 aromatic heterocycles. The highest BCUT2D eigenvalue weighted by molar-refractivity contribution is 5.82. The predicted octanol–water partition coefficient (Wildman–Crippen LogP) is 1.95. The summed E-state index contributed by atoms with van der Waals surface area (Å²) in [5, 5.41) is 0. The Bertz CT molecular complexity index is 138. The van der Waals surface area contributed by atoms with E-state index in [1.54, 1.807) is 6.92 Å². The lowest BCUT2D eigenvalue weighted by Gasteiger charge is -2.07. The van der Waals surface area contributed by atoms with Gasteiger partial charge in [-0.15, -0.1) is 0 Å². The van der Waals surface area contributed by atoms with Crippen molar-refractivity contribution >= 4 is 5.78 Å². The van der Waals surface area contributed by atoms with Crippen LogP contribution in [0.2, 0.25) is 0 Å². The minimum absolute atomic E-state index is 0.162. The Labute approximate surface area is 68.2 Å². The molecule has 0 aromatic carbocycles. The van der Waals surface area contributed by atoms with Crippen LogP contribution in [0.3, 0.4) is 0 Å². The molecule has 64 valence electrons. The molecule has 0 spiro atoms. The number of ether oxygens (including phenoxy) is 1. The van der Waals surface area contributed by atoms with Crippen LogP contribution in [0.1, 0.15) is 27.2 Å². The number of carbonyl (C=O) groups is 1. The van der Waals surface area contributed by atoms with E-state index in [-0.39, 0.29) is 11.9 Å². The molecular formula is C9H16O2. The first-order valence-corrected chi connectivity index (χ1v) is 3.97. The van der Waals surface area contributed by atoms with Gasteiger partial charge in [-0.2, -0.15) is 0 Å². The Morgan fingerprint density at radius 3 is 2.73 bits per heavy atom. The van der Waals surface area contributed by atoms with Crippen molar-refractivity contribution in [3.63, 3.8) is 0 Å². The van der Waals surface area contributed by atoms with Gasteiger partial charge < -0.3 is 4.74 Å². The minimum atomic E-state index is -0.254. The standard InChI is InChI=1S/C9H16O2/c1-4-6-7-11-8(3)9(10)5-2/h4,6,8H,5,7H2,1-3H3. The van der Waals surface area contributed by atoms with E-state index in [2.05, 4.69) is 0 Å². The fraction of sp³-hybridized carbons (Fsp3) is 0.667. The maximum absolute atomic E-state index is 11.0. The Kier molecular flexibility index (Phi) is 5.75. The molecular weight excluding hydrogens is 140 g/mol. The molecule has 0 radical (unpaired) electrons. The SMILES string of the molecule is CC=CCOC(C)C(=O)CC. The van der Waals surface area contributed by atoms with E-state index >= 15 is 0 Å².